The molecular weight excluding hydrogens is 279 g/mol. The summed E-state index contributed by atoms with van der Waals surface area (Å²) in [5.74, 6) is -0.502. The number of rotatable bonds is 3. The minimum Gasteiger partial charge on any atom is -0.269 e. The van der Waals surface area contributed by atoms with Crippen molar-refractivity contribution in [3.8, 4) is 6.07 Å². The van der Waals surface area contributed by atoms with Crippen molar-refractivity contribution in [2.24, 2.45) is 0 Å². The Labute approximate surface area is 116 Å². The molecular formula is C14H11FN2O2S. The normalized spacial score (nSPS) is 10.8. The molecule has 6 heteroatoms. The van der Waals surface area contributed by atoms with Gasteiger partial charge in [-0.15, -0.1) is 0 Å². The van der Waals surface area contributed by atoms with Crippen molar-refractivity contribution in [3.05, 3.63) is 59.9 Å². The van der Waals surface area contributed by atoms with Gasteiger partial charge in [0.1, 0.15) is 5.82 Å². The number of nitrogens with zero attached hydrogens (tertiary/aromatic N) is 2. The lowest BCUT2D eigenvalue weighted by Gasteiger charge is -2.19. The third-order valence-electron chi connectivity index (χ3n) is 2.81. The highest BCUT2D eigenvalue weighted by molar-refractivity contribution is 7.92. The number of hydrogen-bond donors (Lipinski definition) is 0. The molecule has 0 amide bonds. The Morgan fingerprint density at radius 2 is 1.80 bits per heavy atom. The monoisotopic (exact) mass is 290 g/mol. The van der Waals surface area contributed by atoms with Crippen molar-refractivity contribution < 1.29 is 12.8 Å². The van der Waals surface area contributed by atoms with Crippen LogP contribution in [-0.4, -0.2) is 15.5 Å². The third kappa shape index (κ3) is 2.63. The van der Waals surface area contributed by atoms with E-state index < -0.39 is 15.8 Å². The molecule has 0 aliphatic rings. The fraction of sp³-hybridized carbons (Fsp3) is 0.0714. The van der Waals surface area contributed by atoms with Gasteiger partial charge in [-0.3, -0.25) is 4.31 Å². The van der Waals surface area contributed by atoms with Crippen LogP contribution in [0.5, 0.6) is 0 Å². The summed E-state index contributed by atoms with van der Waals surface area (Å²) < 4.78 is 38.6. The summed E-state index contributed by atoms with van der Waals surface area (Å²) in [4.78, 5) is -0.0104. The van der Waals surface area contributed by atoms with E-state index in [9.17, 15) is 12.8 Å². The van der Waals surface area contributed by atoms with Gasteiger partial charge in [-0.2, -0.15) is 5.26 Å². The highest BCUT2D eigenvalue weighted by atomic mass is 32.2. The summed E-state index contributed by atoms with van der Waals surface area (Å²) in [6, 6.07) is 12.8. The maximum atomic E-state index is 12.9. The smallest absolute Gasteiger partial charge is 0.264 e. The van der Waals surface area contributed by atoms with Crippen molar-refractivity contribution in [2.45, 2.75) is 4.90 Å². The van der Waals surface area contributed by atoms with Gasteiger partial charge in [0.25, 0.3) is 10.0 Å². The first-order valence-electron chi connectivity index (χ1n) is 5.70. The maximum absolute atomic E-state index is 12.9. The number of anilines is 1. The van der Waals surface area contributed by atoms with E-state index in [2.05, 4.69) is 0 Å². The third-order valence-corrected chi connectivity index (χ3v) is 4.61. The zero-order chi connectivity index (χ0) is 14.8. The quantitative estimate of drug-likeness (QED) is 0.872. The maximum Gasteiger partial charge on any atom is 0.264 e. The molecule has 0 aliphatic carbocycles. The predicted octanol–water partition coefficient (Wildman–Crippen LogP) is 2.52. The van der Waals surface area contributed by atoms with Crippen LogP contribution in [0.1, 0.15) is 5.56 Å². The second kappa shape index (κ2) is 5.31. The van der Waals surface area contributed by atoms with E-state index in [0.717, 1.165) is 16.4 Å². The van der Waals surface area contributed by atoms with Gasteiger partial charge in [-0.1, -0.05) is 6.07 Å². The van der Waals surface area contributed by atoms with E-state index in [0.29, 0.717) is 11.3 Å². The van der Waals surface area contributed by atoms with Crippen molar-refractivity contribution >= 4 is 15.7 Å². The molecule has 0 N–H and O–H groups in total. The number of halogens is 1. The number of hydrogen-bond acceptors (Lipinski definition) is 3. The van der Waals surface area contributed by atoms with E-state index in [4.69, 9.17) is 5.26 Å². The summed E-state index contributed by atoms with van der Waals surface area (Å²) in [5, 5.41) is 8.83. The first-order valence-corrected chi connectivity index (χ1v) is 7.14. The van der Waals surface area contributed by atoms with Crippen molar-refractivity contribution in [3.63, 3.8) is 0 Å². The molecule has 0 radical (unpaired) electrons. The molecule has 102 valence electrons. The molecule has 2 aromatic rings. The van der Waals surface area contributed by atoms with Crippen LogP contribution in [0, 0.1) is 17.1 Å². The molecule has 0 saturated carbocycles. The van der Waals surface area contributed by atoms with Crippen LogP contribution in [0.3, 0.4) is 0 Å². The lowest BCUT2D eigenvalue weighted by molar-refractivity contribution is 0.593. The highest BCUT2D eigenvalue weighted by Crippen LogP contribution is 2.22. The van der Waals surface area contributed by atoms with E-state index in [1.807, 2.05) is 6.07 Å². The minimum absolute atomic E-state index is 0.0104. The van der Waals surface area contributed by atoms with Crippen LogP contribution in [0.25, 0.3) is 0 Å². The highest BCUT2D eigenvalue weighted by Gasteiger charge is 2.21. The van der Waals surface area contributed by atoms with Crippen LogP contribution in [-0.2, 0) is 10.0 Å². The van der Waals surface area contributed by atoms with Crippen molar-refractivity contribution in [2.75, 3.05) is 11.4 Å². The average molecular weight is 290 g/mol. The number of sulfonamides is 1. The molecule has 2 aromatic carbocycles. The van der Waals surface area contributed by atoms with Crippen molar-refractivity contribution in [1.82, 2.24) is 0 Å². The molecule has 0 heterocycles. The molecule has 0 spiro atoms. The molecule has 2 rings (SSSR count). The zero-order valence-electron chi connectivity index (χ0n) is 10.6. The molecule has 0 unspecified atom stereocenters. The molecule has 0 saturated heterocycles. The Bertz CT molecular complexity index is 765. The first-order chi connectivity index (χ1) is 9.45. The van der Waals surface area contributed by atoms with Gasteiger partial charge in [0, 0.05) is 7.05 Å². The summed E-state index contributed by atoms with van der Waals surface area (Å²) in [5.41, 5.74) is 0.733. The summed E-state index contributed by atoms with van der Waals surface area (Å²) in [6.07, 6.45) is 0. The largest absolute Gasteiger partial charge is 0.269 e. The molecule has 20 heavy (non-hydrogen) atoms. The lowest BCUT2D eigenvalue weighted by atomic mass is 10.2. The Balaban J connectivity index is 2.43. The van der Waals surface area contributed by atoms with Crippen LogP contribution in [0.2, 0.25) is 0 Å². The number of nitriles is 1. The Morgan fingerprint density at radius 1 is 1.15 bits per heavy atom. The van der Waals surface area contributed by atoms with E-state index in [1.165, 1.54) is 25.2 Å². The lowest BCUT2D eigenvalue weighted by Crippen LogP contribution is -2.26. The molecule has 0 fully saturated rings. The fourth-order valence-electron chi connectivity index (χ4n) is 1.67. The second-order valence-corrected chi connectivity index (χ2v) is 6.06. The molecule has 4 nitrogen and oxygen atoms in total. The topological polar surface area (TPSA) is 61.2 Å². The van der Waals surface area contributed by atoms with Gasteiger partial charge in [0.15, 0.2) is 0 Å². The second-order valence-electron chi connectivity index (χ2n) is 4.09. The SMILES string of the molecule is CN(c1cccc(C#N)c1)S(=O)(=O)c1ccc(F)cc1. The molecule has 0 atom stereocenters. The minimum atomic E-state index is -3.78. The van der Waals surface area contributed by atoms with E-state index in [-0.39, 0.29) is 4.90 Å². The van der Waals surface area contributed by atoms with Crippen LogP contribution < -0.4 is 4.31 Å². The first kappa shape index (κ1) is 14.0. The standard InChI is InChI=1S/C14H11FN2O2S/c1-17(13-4-2-3-11(9-13)10-16)20(18,19)14-7-5-12(15)6-8-14/h2-9H,1H3. The molecule has 0 aliphatic heterocycles. The van der Waals surface area contributed by atoms with Gasteiger partial charge in [-0.25, -0.2) is 12.8 Å². The van der Waals surface area contributed by atoms with Gasteiger partial charge in [0.05, 0.1) is 22.2 Å². The van der Waals surface area contributed by atoms with Crippen LogP contribution >= 0.6 is 0 Å². The van der Waals surface area contributed by atoms with Gasteiger partial charge in [-0.05, 0) is 42.5 Å². The van der Waals surface area contributed by atoms with E-state index in [1.54, 1.807) is 18.2 Å². The van der Waals surface area contributed by atoms with Gasteiger partial charge in [0.2, 0.25) is 0 Å². The van der Waals surface area contributed by atoms with Crippen LogP contribution in [0.4, 0.5) is 10.1 Å². The summed E-state index contributed by atoms with van der Waals surface area (Å²) >= 11 is 0. The van der Waals surface area contributed by atoms with Gasteiger partial charge < -0.3 is 0 Å². The van der Waals surface area contributed by atoms with Gasteiger partial charge >= 0.3 is 0 Å². The fourth-order valence-corrected chi connectivity index (χ4v) is 2.86. The summed E-state index contributed by atoms with van der Waals surface area (Å²) in [6.45, 7) is 0. The molecule has 0 bridgehead atoms. The Kier molecular flexibility index (Phi) is 3.72. The van der Waals surface area contributed by atoms with Crippen molar-refractivity contribution in [1.29, 1.82) is 5.26 Å². The molecule has 0 aromatic heterocycles. The Morgan fingerprint density at radius 3 is 2.40 bits per heavy atom. The predicted molar refractivity (Wildman–Crippen MR) is 73.1 cm³/mol. The number of benzene rings is 2. The average Bonchev–Trinajstić information content (AvgIpc) is 2.47. The van der Waals surface area contributed by atoms with E-state index >= 15 is 0 Å². The zero-order valence-corrected chi connectivity index (χ0v) is 11.4. The Hall–Kier alpha value is -2.39. The van der Waals surface area contributed by atoms with Crippen LogP contribution in [0.15, 0.2) is 53.4 Å². The summed E-state index contributed by atoms with van der Waals surface area (Å²) in [7, 11) is -2.39.